The molecule has 0 aliphatic rings. The molecule has 4 rings (SSSR count). The SMILES string of the molecule is COC(=O)c1c(-c2ccccc2)cnc2[nH]c3ccccc3c12. The van der Waals surface area contributed by atoms with Gasteiger partial charge in [0.25, 0.3) is 0 Å². The van der Waals surface area contributed by atoms with E-state index in [0.717, 1.165) is 27.4 Å². The Labute approximate surface area is 132 Å². The van der Waals surface area contributed by atoms with Crippen molar-refractivity contribution in [1.82, 2.24) is 9.97 Å². The van der Waals surface area contributed by atoms with Crippen LogP contribution in [0.5, 0.6) is 0 Å². The van der Waals surface area contributed by atoms with Crippen molar-refractivity contribution in [3.8, 4) is 11.1 Å². The van der Waals surface area contributed by atoms with E-state index in [2.05, 4.69) is 9.97 Å². The maximum Gasteiger partial charge on any atom is 0.339 e. The zero-order valence-corrected chi connectivity index (χ0v) is 12.5. The summed E-state index contributed by atoms with van der Waals surface area (Å²) in [5.41, 5.74) is 3.89. The summed E-state index contributed by atoms with van der Waals surface area (Å²) < 4.78 is 5.04. The van der Waals surface area contributed by atoms with Crippen molar-refractivity contribution < 1.29 is 9.53 Å². The number of hydrogen-bond acceptors (Lipinski definition) is 3. The van der Waals surface area contributed by atoms with Crippen LogP contribution < -0.4 is 0 Å². The number of methoxy groups -OCH3 is 1. The van der Waals surface area contributed by atoms with E-state index in [-0.39, 0.29) is 5.97 Å². The summed E-state index contributed by atoms with van der Waals surface area (Å²) >= 11 is 0. The number of carbonyl (C=O) groups is 1. The monoisotopic (exact) mass is 302 g/mol. The largest absolute Gasteiger partial charge is 0.465 e. The quantitative estimate of drug-likeness (QED) is 0.565. The molecule has 0 aliphatic carbocycles. The predicted molar refractivity (Wildman–Crippen MR) is 90.4 cm³/mol. The molecule has 0 amide bonds. The highest BCUT2D eigenvalue weighted by Gasteiger charge is 2.21. The molecule has 0 fully saturated rings. The topological polar surface area (TPSA) is 55.0 Å². The fraction of sp³-hybridized carbons (Fsp3) is 0.0526. The summed E-state index contributed by atoms with van der Waals surface area (Å²) in [7, 11) is 1.40. The number of esters is 1. The Kier molecular flexibility index (Phi) is 3.08. The minimum Gasteiger partial charge on any atom is -0.465 e. The molecule has 2 heterocycles. The van der Waals surface area contributed by atoms with Gasteiger partial charge in [0, 0.05) is 28.0 Å². The van der Waals surface area contributed by atoms with Crippen molar-refractivity contribution in [2.24, 2.45) is 0 Å². The van der Waals surface area contributed by atoms with Crippen molar-refractivity contribution in [2.45, 2.75) is 0 Å². The number of hydrogen-bond donors (Lipinski definition) is 1. The first-order valence-corrected chi connectivity index (χ1v) is 7.33. The molecule has 2 aromatic carbocycles. The lowest BCUT2D eigenvalue weighted by Crippen LogP contribution is -2.05. The molecular weight excluding hydrogens is 288 g/mol. The van der Waals surface area contributed by atoms with Gasteiger partial charge in [0.05, 0.1) is 12.7 Å². The number of rotatable bonds is 2. The second-order valence-electron chi connectivity index (χ2n) is 5.30. The first-order chi connectivity index (χ1) is 11.3. The van der Waals surface area contributed by atoms with Crippen LogP contribution in [-0.4, -0.2) is 23.0 Å². The Balaban J connectivity index is 2.15. The number of aromatic nitrogens is 2. The highest BCUT2D eigenvalue weighted by Crippen LogP contribution is 2.34. The molecule has 1 N–H and O–H groups in total. The molecule has 0 atom stereocenters. The predicted octanol–water partition coefficient (Wildman–Crippen LogP) is 4.17. The average molecular weight is 302 g/mol. The summed E-state index contributed by atoms with van der Waals surface area (Å²) in [6.45, 7) is 0. The molecule has 4 heteroatoms. The van der Waals surface area contributed by atoms with Crippen molar-refractivity contribution in [2.75, 3.05) is 7.11 Å². The molecule has 2 aromatic heterocycles. The Morgan fingerprint density at radius 3 is 2.57 bits per heavy atom. The Morgan fingerprint density at radius 1 is 1.04 bits per heavy atom. The first kappa shape index (κ1) is 13.5. The van der Waals surface area contributed by atoms with Crippen molar-refractivity contribution >= 4 is 27.9 Å². The van der Waals surface area contributed by atoms with E-state index in [0.29, 0.717) is 11.2 Å². The highest BCUT2D eigenvalue weighted by atomic mass is 16.5. The van der Waals surface area contributed by atoms with Gasteiger partial charge in [0.15, 0.2) is 0 Å². The third-order valence-electron chi connectivity index (χ3n) is 4.00. The van der Waals surface area contributed by atoms with Crippen molar-refractivity contribution in [1.29, 1.82) is 0 Å². The molecule has 23 heavy (non-hydrogen) atoms. The Bertz CT molecular complexity index is 1020. The zero-order chi connectivity index (χ0) is 15.8. The van der Waals surface area contributed by atoms with E-state index >= 15 is 0 Å². The minimum absolute atomic E-state index is 0.360. The van der Waals surface area contributed by atoms with Gasteiger partial charge in [-0.15, -0.1) is 0 Å². The van der Waals surface area contributed by atoms with Crippen LogP contribution in [0, 0.1) is 0 Å². The number of H-pyrrole nitrogens is 1. The van der Waals surface area contributed by atoms with E-state index in [4.69, 9.17) is 4.74 Å². The van der Waals surface area contributed by atoms with Crippen LogP contribution in [-0.2, 0) is 4.74 Å². The van der Waals surface area contributed by atoms with Crippen molar-refractivity contribution in [3.63, 3.8) is 0 Å². The third kappa shape index (κ3) is 2.07. The standard InChI is InChI=1S/C19H14N2O2/c1-23-19(22)17-14(12-7-3-2-4-8-12)11-20-18-16(17)13-9-5-6-10-15(13)21-18/h2-11H,1H3,(H,20,21). The fourth-order valence-electron chi connectivity index (χ4n) is 2.96. The second kappa shape index (κ2) is 5.25. The van der Waals surface area contributed by atoms with Gasteiger partial charge in [0.1, 0.15) is 5.65 Å². The van der Waals surface area contributed by atoms with E-state index < -0.39 is 0 Å². The zero-order valence-electron chi connectivity index (χ0n) is 12.5. The Hall–Kier alpha value is -3.14. The third-order valence-corrected chi connectivity index (χ3v) is 4.00. The average Bonchev–Trinajstić information content (AvgIpc) is 2.99. The number of aromatic amines is 1. The number of para-hydroxylation sites is 1. The lowest BCUT2D eigenvalue weighted by atomic mass is 9.98. The molecule has 4 aromatic rings. The number of fused-ring (bicyclic) bond motifs is 3. The Morgan fingerprint density at radius 2 is 1.78 bits per heavy atom. The summed E-state index contributed by atoms with van der Waals surface area (Å²) in [6, 6.07) is 17.6. The van der Waals surface area contributed by atoms with E-state index in [9.17, 15) is 4.79 Å². The molecule has 0 saturated carbocycles. The van der Waals surface area contributed by atoms with E-state index in [1.165, 1.54) is 7.11 Å². The number of benzene rings is 2. The molecule has 0 aliphatic heterocycles. The normalized spacial score (nSPS) is 11.0. The molecule has 0 bridgehead atoms. The van der Waals surface area contributed by atoms with Crippen molar-refractivity contribution in [3.05, 3.63) is 66.4 Å². The summed E-state index contributed by atoms with van der Waals surface area (Å²) in [6.07, 6.45) is 1.72. The molecule has 0 spiro atoms. The molecule has 0 radical (unpaired) electrons. The fourth-order valence-corrected chi connectivity index (χ4v) is 2.96. The lowest BCUT2D eigenvalue weighted by Gasteiger charge is -2.09. The lowest BCUT2D eigenvalue weighted by molar-refractivity contribution is 0.0604. The van der Waals surface area contributed by atoms with Gasteiger partial charge in [-0.2, -0.15) is 0 Å². The second-order valence-corrected chi connectivity index (χ2v) is 5.30. The number of nitrogens with one attached hydrogen (secondary N) is 1. The molecule has 112 valence electrons. The number of pyridine rings is 1. The van der Waals surface area contributed by atoms with Crippen LogP contribution in [0.2, 0.25) is 0 Å². The molecule has 4 nitrogen and oxygen atoms in total. The molecular formula is C19H14N2O2. The molecule has 0 saturated heterocycles. The van der Waals surface area contributed by atoms with Gasteiger partial charge in [0.2, 0.25) is 0 Å². The van der Waals surface area contributed by atoms with Gasteiger partial charge in [-0.25, -0.2) is 9.78 Å². The smallest absolute Gasteiger partial charge is 0.339 e. The van der Waals surface area contributed by atoms with E-state index in [1.807, 2.05) is 54.6 Å². The number of carbonyl (C=O) groups excluding carboxylic acids is 1. The number of nitrogens with zero attached hydrogens (tertiary/aromatic N) is 1. The summed E-state index contributed by atoms with van der Waals surface area (Å²) in [4.78, 5) is 20.3. The van der Waals surface area contributed by atoms with Crippen LogP contribution >= 0.6 is 0 Å². The van der Waals surface area contributed by atoms with E-state index in [1.54, 1.807) is 6.20 Å². The summed E-state index contributed by atoms with van der Waals surface area (Å²) in [5.74, 6) is -0.360. The van der Waals surface area contributed by atoms with Crippen LogP contribution in [0.3, 0.4) is 0 Å². The van der Waals surface area contributed by atoms with Crippen LogP contribution in [0.15, 0.2) is 60.8 Å². The van der Waals surface area contributed by atoms with Gasteiger partial charge in [-0.3, -0.25) is 0 Å². The highest BCUT2D eigenvalue weighted by molar-refractivity contribution is 6.18. The van der Waals surface area contributed by atoms with Crippen LogP contribution in [0.25, 0.3) is 33.1 Å². The maximum atomic E-state index is 12.5. The first-order valence-electron chi connectivity index (χ1n) is 7.33. The van der Waals surface area contributed by atoms with Crippen LogP contribution in [0.4, 0.5) is 0 Å². The number of ether oxygens (including phenoxy) is 1. The van der Waals surface area contributed by atoms with Gasteiger partial charge in [-0.05, 0) is 11.6 Å². The minimum atomic E-state index is -0.360. The van der Waals surface area contributed by atoms with Crippen LogP contribution in [0.1, 0.15) is 10.4 Å². The van der Waals surface area contributed by atoms with Gasteiger partial charge < -0.3 is 9.72 Å². The molecule has 0 unspecified atom stereocenters. The van der Waals surface area contributed by atoms with Gasteiger partial charge in [-0.1, -0.05) is 48.5 Å². The summed E-state index contributed by atoms with van der Waals surface area (Å²) in [5, 5.41) is 1.77. The maximum absolute atomic E-state index is 12.5. The van der Waals surface area contributed by atoms with Gasteiger partial charge >= 0.3 is 5.97 Å².